The Kier molecular flexibility index (Phi) is 8.70. The monoisotopic (exact) mass is 423 g/mol. The number of nitrogens with one attached hydrogen (secondary N) is 2. The Morgan fingerprint density at radius 2 is 2.07 bits per heavy atom. The third-order valence-corrected chi connectivity index (χ3v) is 5.35. The van der Waals surface area contributed by atoms with Crippen LogP contribution in [0.4, 0.5) is 18.9 Å². The second-order valence-electron chi connectivity index (χ2n) is 7.00. The summed E-state index contributed by atoms with van der Waals surface area (Å²) in [7, 11) is 0. The SMILES string of the molecule is C=C/C=C\C(=C/C)[C@@H]1Nc2ccc(C(F)(F)F)cc2C2OC(NCN)CCC21.CC. The highest BCUT2D eigenvalue weighted by molar-refractivity contribution is 5.60. The van der Waals surface area contributed by atoms with Gasteiger partial charge in [0.05, 0.1) is 17.7 Å². The molecule has 7 heteroatoms. The molecule has 3 rings (SSSR count). The average molecular weight is 424 g/mol. The summed E-state index contributed by atoms with van der Waals surface area (Å²) < 4.78 is 46.0. The minimum atomic E-state index is -4.40. The number of halogens is 3. The number of alkyl halides is 3. The van der Waals surface area contributed by atoms with Crippen LogP contribution in [-0.4, -0.2) is 18.9 Å². The fourth-order valence-corrected chi connectivity index (χ4v) is 4.04. The molecule has 1 fully saturated rings. The average Bonchev–Trinajstić information content (AvgIpc) is 2.75. The number of hydrogen-bond acceptors (Lipinski definition) is 4. The Morgan fingerprint density at radius 1 is 1.33 bits per heavy atom. The standard InChI is InChI=1S/C21H26F3N3O.C2H6/c1-3-5-6-13(4-2)19-15-8-10-18(26-12-25)28-20(15)16-11-14(21(22,23)24)7-9-17(16)27-19;1-2/h3-7,9,11,15,18-20,26-27H,1,8,10,12,25H2,2H3;1-2H3/b6-5-,13-4+;/t15?,18?,19-,20?;/m0./s1. The molecule has 2 aliphatic heterocycles. The molecule has 0 amide bonds. The van der Waals surface area contributed by atoms with Crippen LogP contribution in [0.3, 0.4) is 0 Å². The van der Waals surface area contributed by atoms with E-state index in [0.29, 0.717) is 11.3 Å². The maximum atomic E-state index is 13.3. The lowest BCUT2D eigenvalue weighted by Gasteiger charge is -2.46. The van der Waals surface area contributed by atoms with Crippen LogP contribution < -0.4 is 16.4 Å². The van der Waals surface area contributed by atoms with Crippen molar-refractivity contribution >= 4 is 5.69 Å². The van der Waals surface area contributed by atoms with E-state index in [1.54, 1.807) is 6.08 Å². The van der Waals surface area contributed by atoms with E-state index in [4.69, 9.17) is 10.5 Å². The summed E-state index contributed by atoms with van der Waals surface area (Å²) in [6.45, 7) is 9.91. The molecule has 4 nitrogen and oxygen atoms in total. The molecule has 0 aliphatic carbocycles. The number of rotatable bonds is 5. The van der Waals surface area contributed by atoms with Crippen LogP contribution in [0.5, 0.6) is 0 Å². The van der Waals surface area contributed by atoms with Crippen molar-refractivity contribution in [2.75, 3.05) is 12.0 Å². The highest BCUT2D eigenvalue weighted by Crippen LogP contribution is 2.48. The zero-order chi connectivity index (χ0) is 22.3. The predicted octanol–water partition coefficient (Wildman–Crippen LogP) is 5.51. The van der Waals surface area contributed by atoms with Gasteiger partial charge in [0.25, 0.3) is 0 Å². The van der Waals surface area contributed by atoms with Crippen LogP contribution >= 0.6 is 0 Å². The van der Waals surface area contributed by atoms with Crippen LogP contribution in [0.1, 0.15) is 50.8 Å². The first-order chi connectivity index (χ1) is 14.4. The van der Waals surface area contributed by atoms with E-state index < -0.39 is 17.8 Å². The fraction of sp³-hybridized carbons (Fsp3) is 0.478. The van der Waals surface area contributed by atoms with Crippen molar-refractivity contribution in [1.82, 2.24) is 5.32 Å². The van der Waals surface area contributed by atoms with Crippen molar-refractivity contribution < 1.29 is 17.9 Å². The highest BCUT2D eigenvalue weighted by atomic mass is 19.4. The van der Waals surface area contributed by atoms with Gasteiger partial charge in [-0.15, -0.1) is 0 Å². The number of allylic oxidation sites excluding steroid dienone is 3. The zero-order valence-corrected chi connectivity index (χ0v) is 17.8. The summed E-state index contributed by atoms with van der Waals surface area (Å²) in [5, 5.41) is 6.49. The maximum Gasteiger partial charge on any atom is 0.416 e. The van der Waals surface area contributed by atoms with E-state index >= 15 is 0 Å². The molecule has 4 atom stereocenters. The van der Waals surface area contributed by atoms with Crippen molar-refractivity contribution in [1.29, 1.82) is 0 Å². The highest BCUT2D eigenvalue weighted by Gasteiger charge is 2.43. The van der Waals surface area contributed by atoms with Crippen molar-refractivity contribution in [2.24, 2.45) is 11.7 Å². The van der Waals surface area contributed by atoms with Crippen molar-refractivity contribution in [3.63, 3.8) is 0 Å². The molecule has 4 N–H and O–H groups in total. The van der Waals surface area contributed by atoms with E-state index in [1.807, 2.05) is 39.0 Å². The lowest BCUT2D eigenvalue weighted by Crippen LogP contribution is -2.48. The molecule has 30 heavy (non-hydrogen) atoms. The van der Waals surface area contributed by atoms with Gasteiger partial charge in [-0.25, -0.2) is 0 Å². The van der Waals surface area contributed by atoms with Crippen LogP contribution in [0.25, 0.3) is 0 Å². The lowest BCUT2D eigenvalue weighted by molar-refractivity contribution is -0.138. The summed E-state index contributed by atoms with van der Waals surface area (Å²) in [6, 6.07) is 3.75. The fourth-order valence-electron chi connectivity index (χ4n) is 4.04. The number of fused-ring (bicyclic) bond motifs is 3. The Bertz CT molecular complexity index is 773. The molecule has 166 valence electrons. The third kappa shape index (κ3) is 5.33. The number of anilines is 1. The minimum Gasteiger partial charge on any atom is -0.378 e. The van der Waals surface area contributed by atoms with E-state index in [-0.39, 0.29) is 24.9 Å². The number of ether oxygens (including phenoxy) is 1. The van der Waals surface area contributed by atoms with Crippen LogP contribution in [0.15, 0.2) is 54.7 Å². The molecule has 3 unspecified atom stereocenters. The molecule has 1 saturated heterocycles. The molecule has 0 radical (unpaired) electrons. The smallest absolute Gasteiger partial charge is 0.378 e. The van der Waals surface area contributed by atoms with E-state index in [0.717, 1.165) is 24.5 Å². The van der Waals surface area contributed by atoms with Crippen LogP contribution in [0, 0.1) is 5.92 Å². The van der Waals surface area contributed by atoms with Gasteiger partial charge < -0.3 is 15.8 Å². The molecule has 1 aromatic carbocycles. The number of hydrogen-bond donors (Lipinski definition) is 3. The van der Waals surface area contributed by atoms with Crippen LogP contribution in [-0.2, 0) is 10.9 Å². The van der Waals surface area contributed by atoms with Gasteiger partial charge in [-0.2, -0.15) is 13.2 Å². The number of nitrogens with two attached hydrogens (primary N) is 1. The molecule has 0 saturated carbocycles. The summed E-state index contributed by atoms with van der Waals surface area (Å²) in [5.41, 5.74) is 7.17. The molecule has 0 spiro atoms. The van der Waals surface area contributed by atoms with Crippen LogP contribution in [0.2, 0.25) is 0 Å². The lowest BCUT2D eigenvalue weighted by atomic mass is 9.76. The van der Waals surface area contributed by atoms with Gasteiger partial charge in [-0.05, 0) is 43.5 Å². The normalized spacial score (nSPS) is 26.2. The molecule has 1 aromatic rings. The molecular weight excluding hydrogens is 391 g/mol. The Labute approximate surface area is 177 Å². The molecule has 0 aromatic heterocycles. The van der Waals surface area contributed by atoms with Gasteiger partial charge in [0, 0.05) is 23.8 Å². The molecular formula is C23H32F3N3O. The van der Waals surface area contributed by atoms with E-state index in [2.05, 4.69) is 17.2 Å². The van der Waals surface area contributed by atoms with Gasteiger partial charge in [0.1, 0.15) is 6.23 Å². The first-order valence-electron chi connectivity index (χ1n) is 10.4. The zero-order valence-electron chi connectivity index (χ0n) is 17.8. The van der Waals surface area contributed by atoms with E-state index in [1.165, 1.54) is 12.1 Å². The molecule has 2 heterocycles. The Morgan fingerprint density at radius 3 is 2.67 bits per heavy atom. The van der Waals surface area contributed by atoms with Crippen molar-refractivity contribution in [3.8, 4) is 0 Å². The largest absolute Gasteiger partial charge is 0.416 e. The molecule has 0 bridgehead atoms. The number of benzene rings is 1. The van der Waals surface area contributed by atoms with Gasteiger partial charge in [0.15, 0.2) is 0 Å². The molecule has 2 aliphatic rings. The Balaban J connectivity index is 0.00000155. The van der Waals surface area contributed by atoms with E-state index in [9.17, 15) is 13.2 Å². The first kappa shape index (κ1) is 24.2. The van der Waals surface area contributed by atoms with Crippen molar-refractivity contribution in [2.45, 2.75) is 58.2 Å². The van der Waals surface area contributed by atoms with Gasteiger partial charge in [0.2, 0.25) is 0 Å². The minimum absolute atomic E-state index is 0.00692. The topological polar surface area (TPSA) is 59.3 Å². The summed E-state index contributed by atoms with van der Waals surface area (Å²) >= 11 is 0. The van der Waals surface area contributed by atoms with Gasteiger partial charge in [-0.1, -0.05) is 44.7 Å². The predicted molar refractivity (Wildman–Crippen MR) is 116 cm³/mol. The summed E-state index contributed by atoms with van der Waals surface area (Å²) in [4.78, 5) is 0. The second kappa shape index (κ2) is 10.8. The van der Waals surface area contributed by atoms with Crippen molar-refractivity contribution in [3.05, 3.63) is 65.8 Å². The maximum absolute atomic E-state index is 13.3. The Hall–Kier alpha value is -2.09. The third-order valence-electron chi connectivity index (χ3n) is 5.35. The first-order valence-corrected chi connectivity index (χ1v) is 10.4. The summed E-state index contributed by atoms with van der Waals surface area (Å²) in [6.07, 6.45) is 3.96. The van der Waals surface area contributed by atoms with Gasteiger partial charge >= 0.3 is 6.18 Å². The summed E-state index contributed by atoms with van der Waals surface area (Å²) in [5.74, 6) is 0.00692. The van der Waals surface area contributed by atoms with Gasteiger partial charge in [-0.3, -0.25) is 5.32 Å². The second-order valence-corrected chi connectivity index (χ2v) is 7.00. The quantitative estimate of drug-likeness (QED) is 0.432.